The van der Waals surface area contributed by atoms with Gasteiger partial charge in [0.2, 0.25) is 0 Å². The summed E-state index contributed by atoms with van der Waals surface area (Å²) in [5.41, 5.74) is 2.38. The Morgan fingerprint density at radius 3 is 2.67 bits per heavy atom. The summed E-state index contributed by atoms with van der Waals surface area (Å²) in [6.45, 7) is 9.92. The first-order valence-corrected chi connectivity index (χ1v) is 8.46. The number of likely N-dealkylation sites (tertiary alicyclic amines) is 1. The van der Waals surface area contributed by atoms with E-state index in [1.165, 1.54) is 31.5 Å². The quantitative estimate of drug-likeness (QED) is 0.831. The fourth-order valence-electron chi connectivity index (χ4n) is 2.94. The van der Waals surface area contributed by atoms with Gasteiger partial charge in [0.1, 0.15) is 0 Å². The molecule has 1 unspecified atom stereocenters. The maximum Gasteiger partial charge on any atom is 0.0642 e. The van der Waals surface area contributed by atoms with Crippen LogP contribution < -0.4 is 10.2 Å². The molecule has 1 aromatic rings. The summed E-state index contributed by atoms with van der Waals surface area (Å²) in [5.74, 6) is 0. The monoisotopic (exact) mass is 309 g/mol. The highest BCUT2D eigenvalue weighted by Crippen LogP contribution is 2.28. The second kappa shape index (κ2) is 8.02. The van der Waals surface area contributed by atoms with E-state index in [2.05, 4.69) is 54.2 Å². The van der Waals surface area contributed by atoms with Crippen LogP contribution in [0.1, 0.15) is 38.3 Å². The molecule has 21 heavy (non-hydrogen) atoms. The lowest BCUT2D eigenvalue weighted by Crippen LogP contribution is -2.31. The van der Waals surface area contributed by atoms with Crippen LogP contribution in [0.3, 0.4) is 0 Å². The van der Waals surface area contributed by atoms with Gasteiger partial charge in [0.05, 0.1) is 10.7 Å². The van der Waals surface area contributed by atoms with Crippen LogP contribution in [-0.2, 0) is 0 Å². The standard InChI is InChI=1S/C17H28ClN3/c1-4-19-14(2)15-7-8-17(16(18)13-15)20(3)11-12-21-9-5-6-10-21/h7-8,13-14,19H,4-6,9-12H2,1-3H3. The average molecular weight is 310 g/mol. The van der Waals surface area contributed by atoms with Gasteiger partial charge >= 0.3 is 0 Å². The molecule has 0 radical (unpaired) electrons. The van der Waals surface area contributed by atoms with Crippen LogP contribution in [0.5, 0.6) is 0 Å². The second-order valence-electron chi connectivity index (χ2n) is 5.96. The molecular weight excluding hydrogens is 282 g/mol. The fourth-order valence-corrected chi connectivity index (χ4v) is 3.28. The Morgan fingerprint density at radius 2 is 2.05 bits per heavy atom. The molecule has 1 heterocycles. The van der Waals surface area contributed by atoms with Crippen LogP contribution in [0.15, 0.2) is 18.2 Å². The van der Waals surface area contributed by atoms with Crippen molar-refractivity contribution in [1.29, 1.82) is 0 Å². The van der Waals surface area contributed by atoms with Gasteiger partial charge in [-0.2, -0.15) is 0 Å². The lowest BCUT2D eigenvalue weighted by molar-refractivity contribution is 0.346. The van der Waals surface area contributed by atoms with Gasteiger partial charge in [0.25, 0.3) is 0 Å². The topological polar surface area (TPSA) is 18.5 Å². The number of halogens is 1. The SMILES string of the molecule is CCNC(C)c1ccc(N(C)CCN2CCCC2)c(Cl)c1. The van der Waals surface area contributed by atoms with E-state index >= 15 is 0 Å². The largest absolute Gasteiger partial charge is 0.372 e. The zero-order chi connectivity index (χ0) is 15.2. The van der Waals surface area contributed by atoms with Gasteiger partial charge in [-0.1, -0.05) is 24.6 Å². The molecule has 0 spiro atoms. The van der Waals surface area contributed by atoms with Crippen molar-refractivity contribution in [3.8, 4) is 0 Å². The number of likely N-dealkylation sites (N-methyl/N-ethyl adjacent to an activating group) is 1. The average Bonchev–Trinajstić information content (AvgIpc) is 2.98. The molecule has 0 saturated carbocycles. The molecule has 0 bridgehead atoms. The first-order chi connectivity index (χ1) is 10.1. The molecule has 2 rings (SSSR count). The summed E-state index contributed by atoms with van der Waals surface area (Å²) in [6, 6.07) is 6.77. The Hall–Kier alpha value is -0.770. The van der Waals surface area contributed by atoms with Gasteiger partial charge in [-0.05, 0) is 57.1 Å². The third-order valence-electron chi connectivity index (χ3n) is 4.34. The Morgan fingerprint density at radius 1 is 1.33 bits per heavy atom. The first kappa shape index (κ1) is 16.6. The number of benzene rings is 1. The third kappa shape index (κ3) is 4.60. The molecular formula is C17H28ClN3. The van der Waals surface area contributed by atoms with Crippen molar-refractivity contribution in [3.05, 3.63) is 28.8 Å². The van der Waals surface area contributed by atoms with Crippen LogP contribution in [0.25, 0.3) is 0 Å². The minimum Gasteiger partial charge on any atom is -0.372 e. The number of nitrogens with zero attached hydrogens (tertiary/aromatic N) is 2. The van der Waals surface area contributed by atoms with E-state index in [9.17, 15) is 0 Å². The smallest absolute Gasteiger partial charge is 0.0642 e. The van der Waals surface area contributed by atoms with Crippen LogP contribution in [0.2, 0.25) is 5.02 Å². The minimum absolute atomic E-state index is 0.344. The van der Waals surface area contributed by atoms with E-state index in [4.69, 9.17) is 11.6 Å². The number of hydrogen-bond acceptors (Lipinski definition) is 3. The van der Waals surface area contributed by atoms with Crippen LogP contribution >= 0.6 is 11.6 Å². The summed E-state index contributed by atoms with van der Waals surface area (Å²) in [5, 5.41) is 4.27. The van der Waals surface area contributed by atoms with Gasteiger partial charge in [-0.3, -0.25) is 0 Å². The minimum atomic E-state index is 0.344. The molecule has 1 N–H and O–H groups in total. The van der Waals surface area contributed by atoms with Crippen molar-refractivity contribution >= 4 is 17.3 Å². The van der Waals surface area contributed by atoms with E-state index in [1.807, 2.05) is 0 Å². The zero-order valence-electron chi connectivity index (χ0n) is 13.5. The lowest BCUT2D eigenvalue weighted by Gasteiger charge is -2.25. The van der Waals surface area contributed by atoms with Gasteiger partial charge in [-0.25, -0.2) is 0 Å². The number of rotatable bonds is 7. The molecule has 1 aromatic carbocycles. The van der Waals surface area contributed by atoms with Crippen molar-refractivity contribution in [1.82, 2.24) is 10.2 Å². The van der Waals surface area contributed by atoms with Crippen molar-refractivity contribution < 1.29 is 0 Å². The van der Waals surface area contributed by atoms with Crippen molar-refractivity contribution in [2.24, 2.45) is 0 Å². The van der Waals surface area contributed by atoms with Crippen LogP contribution in [-0.4, -0.2) is 44.7 Å². The predicted molar refractivity (Wildman–Crippen MR) is 92.5 cm³/mol. The van der Waals surface area contributed by atoms with Crippen LogP contribution in [0, 0.1) is 0 Å². The maximum atomic E-state index is 6.48. The summed E-state index contributed by atoms with van der Waals surface area (Å²) in [7, 11) is 2.13. The van der Waals surface area contributed by atoms with Crippen molar-refractivity contribution in [2.45, 2.75) is 32.7 Å². The molecule has 0 aromatic heterocycles. The zero-order valence-corrected chi connectivity index (χ0v) is 14.3. The molecule has 118 valence electrons. The van der Waals surface area contributed by atoms with Gasteiger partial charge in [0, 0.05) is 26.2 Å². The molecule has 1 atom stereocenters. The van der Waals surface area contributed by atoms with E-state index in [0.717, 1.165) is 30.3 Å². The Bertz CT molecular complexity index is 444. The van der Waals surface area contributed by atoms with E-state index in [0.29, 0.717) is 6.04 Å². The highest BCUT2D eigenvalue weighted by Gasteiger charge is 2.14. The molecule has 3 nitrogen and oxygen atoms in total. The van der Waals surface area contributed by atoms with Crippen molar-refractivity contribution in [3.63, 3.8) is 0 Å². The first-order valence-electron chi connectivity index (χ1n) is 8.08. The van der Waals surface area contributed by atoms with E-state index < -0.39 is 0 Å². The molecule has 4 heteroatoms. The van der Waals surface area contributed by atoms with Gasteiger partial charge < -0.3 is 15.1 Å². The number of nitrogens with one attached hydrogen (secondary N) is 1. The number of anilines is 1. The van der Waals surface area contributed by atoms with Crippen LogP contribution in [0.4, 0.5) is 5.69 Å². The predicted octanol–water partition coefficient (Wildman–Crippen LogP) is 3.54. The summed E-state index contributed by atoms with van der Waals surface area (Å²) >= 11 is 6.48. The molecule has 1 fully saturated rings. The Kier molecular flexibility index (Phi) is 6.34. The second-order valence-corrected chi connectivity index (χ2v) is 6.37. The van der Waals surface area contributed by atoms with Crippen molar-refractivity contribution in [2.75, 3.05) is 44.7 Å². The summed E-state index contributed by atoms with van der Waals surface area (Å²) in [4.78, 5) is 4.80. The van der Waals surface area contributed by atoms with Gasteiger partial charge in [-0.15, -0.1) is 0 Å². The van der Waals surface area contributed by atoms with E-state index in [1.54, 1.807) is 0 Å². The number of hydrogen-bond donors (Lipinski definition) is 1. The molecule has 1 saturated heterocycles. The molecule has 1 aliphatic rings. The third-order valence-corrected chi connectivity index (χ3v) is 4.65. The van der Waals surface area contributed by atoms with E-state index in [-0.39, 0.29) is 0 Å². The molecule has 0 amide bonds. The maximum absolute atomic E-state index is 6.48. The lowest BCUT2D eigenvalue weighted by atomic mass is 10.1. The normalized spacial score (nSPS) is 17.1. The fraction of sp³-hybridized carbons (Fsp3) is 0.647. The molecule has 0 aliphatic carbocycles. The Labute approximate surface area is 134 Å². The Balaban J connectivity index is 1.95. The summed E-state index contributed by atoms with van der Waals surface area (Å²) in [6.07, 6.45) is 2.70. The highest BCUT2D eigenvalue weighted by molar-refractivity contribution is 6.33. The van der Waals surface area contributed by atoms with Gasteiger partial charge in [0.15, 0.2) is 0 Å². The molecule has 1 aliphatic heterocycles. The summed E-state index contributed by atoms with van der Waals surface area (Å²) < 4.78 is 0. The highest BCUT2D eigenvalue weighted by atomic mass is 35.5.